The van der Waals surface area contributed by atoms with Gasteiger partial charge >= 0.3 is 29.6 Å². The molecule has 0 saturated heterocycles. The van der Waals surface area contributed by atoms with Crippen LogP contribution in [-0.4, -0.2) is 47.1 Å². The van der Waals surface area contributed by atoms with Crippen LogP contribution in [-0.2, 0) is 15.1 Å². The summed E-state index contributed by atoms with van der Waals surface area (Å²) in [6.07, 6.45) is 0. The Morgan fingerprint density at radius 3 is 1.92 bits per heavy atom. The molecule has 0 heterocycles. The molecule has 1 aromatic carbocycles. The van der Waals surface area contributed by atoms with E-state index in [9.17, 15) is 17.8 Å². The van der Waals surface area contributed by atoms with E-state index in [-0.39, 0.29) is 41.2 Å². The molecule has 0 radical (unpaired) electrons. The summed E-state index contributed by atoms with van der Waals surface area (Å²) in [4.78, 5) is 15.4. The van der Waals surface area contributed by atoms with E-state index in [1.54, 1.807) is 44.9 Å². The van der Waals surface area contributed by atoms with Gasteiger partial charge < -0.3 is 19.7 Å². The first kappa shape index (κ1) is 23.5. The molecule has 0 aliphatic rings. The number of amides is 1. The Morgan fingerprint density at radius 2 is 1.60 bits per heavy atom. The Bertz CT molecular complexity index is 761. The normalized spacial score (nSPS) is 11.0. The molecule has 0 saturated carbocycles. The van der Waals surface area contributed by atoms with Gasteiger partial charge in [0.2, 0.25) is 10.3 Å². The van der Waals surface area contributed by atoms with Crippen molar-refractivity contribution in [1.82, 2.24) is 0 Å². The van der Waals surface area contributed by atoms with E-state index in [1.165, 1.54) is 12.1 Å². The zero-order chi connectivity index (χ0) is 18.7. The smallest absolute Gasteiger partial charge is 0.728 e. The Kier molecular flexibility index (Phi) is 8.75. The van der Waals surface area contributed by atoms with Crippen LogP contribution in [0.4, 0.5) is 22.7 Å². The summed E-state index contributed by atoms with van der Waals surface area (Å²) in [6.45, 7) is 5.19. The molecule has 0 aromatic heterocycles. The number of benzene rings is 1. The maximum atomic E-state index is 12.0. The van der Waals surface area contributed by atoms with Crippen molar-refractivity contribution in [3.05, 3.63) is 24.3 Å². The first-order chi connectivity index (χ1) is 10.9. The number of carbonyl (C=O) groups excluding carboxylic acids is 1. The Morgan fingerprint density at radius 1 is 1.16 bits per heavy atom. The van der Waals surface area contributed by atoms with E-state index in [4.69, 9.17) is 0 Å². The average molecular weight is 377 g/mol. The largest absolute Gasteiger partial charge is 1.00 e. The fourth-order valence-electron chi connectivity index (χ4n) is 1.81. The third-order valence-corrected chi connectivity index (χ3v) is 3.21. The summed E-state index contributed by atoms with van der Waals surface area (Å²) < 4.78 is 34.6. The monoisotopic (exact) mass is 377 g/mol. The fraction of sp³-hybridized carbons (Fsp3) is 0.357. The number of nitrogens with zero attached hydrogens (tertiary/aromatic N) is 4. The molecule has 0 aliphatic carbocycles. The number of hydrogen-bond acceptors (Lipinski definition) is 7. The predicted molar refractivity (Wildman–Crippen MR) is 92.8 cm³/mol. The molecular formula is C14H20N5NaO4S. The minimum Gasteiger partial charge on any atom is -0.728 e. The van der Waals surface area contributed by atoms with Crippen LogP contribution < -0.4 is 44.7 Å². The summed E-state index contributed by atoms with van der Waals surface area (Å²) in [7, 11) is 2.16. The molecule has 0 bridgehead atoms. The second-order valence-electron chi connectivity index (χ2n) is 5.49. The maximum absolute atomic E-state index is 12.0. The third-order valence-electron chi connectivity index (χ3n) is 2.93. The molecule has 0 unspecified atom stereocenters. The van der Waals surface area contributed by atoms with Gasteiger partial charge in [0, 0.05) is 33.8 Å². The molecule has 1 rings (SSSR count). The van der Waals surface area contributed by atoms with E-state index in [1.807, 2.05) is 0 Å². The Balaban J connectivity index is 0.00000576. The SMILES string of the molecule is C=C(C)C(=O)Nc1c(N(C)C)cc(N=NS(=O)(=O)[O-])cc1N(C)C.[Na+]. The summed E-state index contributed by atoms with van der Waals surface area (Å²) >= 11 is 0. The van der Waals surface area contributed by atoms with Gasteiger partial charge in [0.1, 0.15) is 0 Å². The van der Waals surface area contributed by atoms with Crippen molar-refractivity contribution >= 4 is 39.0 Å². The second kappa shape index (κ2) is 9.30. The molecule has 0 spiro atoms. The number of hydrogen-bond donors (Lipinski definition) is 1. The van der Waals surface area contributed by atoms with Crippen molar-refractivity contribution in [3.63, 3.8) is 0 Å². The molecule has 25 heavy (non-hydrogen) atoms. The molecule has 1 amide bonds. The number of rotatable bonds is 6. The zero-order valence-electron chi connectivity index (χ0n) is 15.2. The Labute approximate surface area is 170 Å². The molecule has 0 atom stereocenters. The van der Waals surface area contributed by atoms with Gasteiger partial charge in [-0.1, -0.05) is 11.1 Å². The average Bonchev–Trinajstić information content (AvgIpc) is 2.44. The molecule has 1 aromatic rings. The molecule has 9 nitrogen and oxygen atoms in total. The summed E-state index contributed by atoms with van der Waals surface area (Å²) in [5.41, 5.74) is 2.13. The number of anilines is 3. The van der Waals surface area contributed by atoms with Crippen LogP contribution in [0.5, 0.6) is 0 Å². The van der Waals surface area contributed by atoms with Gasteiger partial charge in [0.25, 0.3) is 5.91 Å². The summed E-state index contributed by atoms with van der Waals surface area (Å²) in [6, 6.07) is 3.02. The Hall–Kier alpha value is -1.46. The number of carbonyl (C=O) groups is 1. The van der Waals surface area contributed by atoms with Gasteiger partial charge in [-0.05, 0) is 19.1 Å². The molecule has 132 valence electrons. The van der Waals surface area contributed by atoms with Gasteiger partial charge in [-0.15, -0.1) is 5.11 Å². The van der Waals surface area contributed by atoms with Crippen molar-refractivity contribution in [2.45, 2.75) is 6.92 Å². The second-order valence-corrected chi connectivity index (χ2v) is 6.51. The van der Waals surface area contributed by atoms with Crippen LogP contribution in [0.1, 0.15) is 6.92 Å². The predicted octanol–water partition coefficient (Wildman–Crippen LogP) is -1.12. The molecule has 1 N–H and O–H groups in total. The van der Waals surface area contributed by atoms with Gasteiger partial charge in [0.15, 0.2) is 0 Å². The van der Waals surface area contributed by atoms with Crippen LogP contribution in [0.2, 0.25) is 0 Å². The van der Waals surface area contributed by atoms with Crippen LogP contribution in [0.15, 0.2) is 33.9 Å². The maximum Gasteiger partial charge on any atom is 1.00 e. The van der Waals surface area contributed by atoms with Crippen molar-refractivity contribution in [3.8, 4) is 0 Å². The van der Waals surface area contributed by atoms with Gasteiger partial charge in [-0.25, -0.2) is 8.42 Å². The van der Waals surface area contributed by atoms with Crippen molar-refractivity contribution in [2.75, 3.05) is 43.3 Å². The van der Waals surface area contributed by atoms with Crippen LogP contribution >= 0.6 is 0 Å². The van der Waals surface area contributed by atoms with Crippen molar-refractivity contribution in [2.24, 2.45) is 9.63 Å². The van der Waals surface area contributed by atoms with Gasteiger partial charge in [0.05, 0.1) is 22.7 Å². The topological polar surface area (TPSA) is 117 Å². The van der Waals surface area contributed by atoms with E-state index in [2.05, 4.69) is 21.5 Å². The zero-order valence-corrected chi connectivity index (χ0v) is 18.0. The third kappa shape index (κ3) is 7.12. The molecular weight excluding hydrogens is 357 g/mol. The number of nitrogens with one attached hydrogen (secondary N) is 1. The van der Waals surface area contributed by atoms with E-state index < -0.39 is 10.3 Å². The van der Waals surface area contributed by atoms with E-state index in [0.29, 0.717) is 22.6 Å². The minimum atomic E-state index is -4.83. The molecule has 11 heteroatoms. The standard InChI is InChI=1S/C14H21N5O4S.Na/c1-9(2)14(20)15-13-11(18(3)4)7-10(8-12(13)19(5)6)16-17-24(21,22)23;/h7-8H,1H2,2-6H3,(H,15,20)(H,21,22,23);/q;+1/p-1. The van der Waals surface area contributed by atoms with Crippen LogP contribution in [0.3, 0.4) is 0 Å². The van der Waals surface area contributed by atoms with E-state index in [0.717, 1.165) is 0 Å². The van der Waals surface area contributed by atoms with E-state index >= 15 is 0 Å². The van der Waals surface area contributed by atoms with Crippen LogP contribution in [0.25, 0.3) is 0 Å². The quantitative estimate of drug-likeness (QED) is 0.290. The first-order valence-corrected chi connectivity index (χ1v) is 8.17. The van der Waals surface area contributed by atoms with Gasteiger partial charge in [-0.2, -0.15) is 0 Å². The van der Waals surface area contributed by atoms with Gasteiger partial charge in [-0.3, -0.25) is 4.79 Å². The summed E-state index contributed by atoms with van der Waals surface area (Å²) in [5.74, 6) is -0.349. The van der Waals surface area contributed by atoms with Crippen molar-refractivity contribution in [1.29, 1.82) is 0 Å². The minimum absolute atomic E-state index is 0. The van der Waals surface area contributed by atoms with Crippen LogP contribution in [0, 0.1) is 0 Å². The first-order valence-electron chi connectivity index (χ1n) is 6.80. The molecule has 0 aliphatic heterocycles. The fourth-order valence-corrected chi connectivity index (χ4v) is 2.00. The summed E-state index contributed by atoms with van der Waals surface area (Å²) in [5, 5.41) is 6.23. The molecule has 0 fully saturated rings. The van der Waals surface area contributed by atoms with Crippen molar-refractivity contribution < 1.29 is 47.3 Å².